The zero-order valence-electron chi connectivity index (χ0n) is 16.3. The molecule has 3 heterocycles. The average molecular weight is 449 g/mol. The number of fused-ring (bicyclic) bond motifs is 1. The number of nitrogens with zero attached hydrogens (tertiary/aromatic N) is 4. The zero-order chi connectivity index (χ0) is 21.1. The van der Waals surface area contributed by atoms with Crippen LogP contribution in [-0.2, 0) is 9.53 Å². The fourth-order valence-electron chi connectivity index (χ4n) is 3.82. The number of carboxylic acid groups (broad SMARTS) is 1. The van der Waals surface area contributed by atoms with Crippen molar-refractivity contribution in [2.75, 3.05) is 24.7 Å². The normalized spacial score (nSPS) is 16.9. The van der Waals surface area contributed by atoms with Gasteiger partial charge in [-0.25, -0.2) is 9.97 Å². The number of rotatable bonds is 7. The summed E-state index contributed by atoms with van der Waals surface area (Å²) in [6.45, 7) is 1.50. The van der Waals surface area contributed by atoms with Gasteiger partial charge in [-0.3, -0.25) is 4.79 Å². The molecule has 1 saturated heterocycles. The van der Waals surface area contributed by atoms with Gasteiger partial charge in [0.2, 0.25) is 0 Å². The first-order chi connectivity index (χ1) is 14.5. The Kier molecular flexibility index (Phi) is 6.41. The van der Waals surface area contributed by atoms with Crippen molar-refractivity contribution in [2.45, 2.75) is 31.7 Å². The van der Waals surface area contributed by atoms with E-state index in [9.17, 15) is 4.79 Å². The molecule has 7 nitrogen and oxygen atoms in total. The van der Waals surface area contributed by atoms with Gasteiger partial charge in [-0.05, 0) is 31.4 Å². The number of pyridine rings is 1. The second-order valence-corrected chi connectivity index (χ2v) is 8.07. The summed E-state index contributed by atoms with van der Waals surface area (Å²) in [5.74, 6) is -0.0647. The number of imidazole rings is 1. The molecule has 0 bridgehead atoms. The second-order valence-electron chi connectivity index (χ2n) is 7.29. The molecule has 0 unspecified atom stereocenters. The van der Waals surface area contributed by atoms with E-state index >= 15 is 0 Å². The summed E-state index contributed by atoms with van der Waals surface area (Å²) in [7, 11) is 0. The van der Waals surface area contributed by atoms with E-state index < -0.39 is 5.97 Å². The maximum atomic E-state index is 10.7. The van der Waals surface area contributed by atoms with Crippen molar-refractivity contribution in [3.63, 3.8) is 0 Å². The number of aliphatic carboxylic acids is 1. The van der Waals surface area contributed by atoms with Crippen LogP contribution in [0.3, 0.4) is 0 Å². The van der Waals surface area contributed by atoms with Crippen LogP contribution in [0, 0.1) is 0 Å². The topological polar surface area (TPSA) is 80.5 Å². The van der Waals surface area contributed by atoms with Gasteiger partial charge in [0.05, 0.1) is 53.3 Å². The molecule has 1 aliphatic rings. The van der Waals surface area contributed by atoms with Crippen LogP contribution in [0.4, 0.5) is 5.82 Å². The molecule has 30 heavy (non-hydrogen) atoms. The molecule has 3 aromatic rings. The highest BCUT2D eigenvalue weighted by molar-refractivity contribution is 6.45. The molecular formula is C21H22Cl2N4O3. The molecule has 4 rings (SSSR count). The van der Waals surface area contributed by atoms with Crippen LogP contribution >= 0.6 is 23.2 Å². The third kappa shape index (κ3) is 4.38. The molecule has 0 saturated carbocycles. The van der Waals surface area contributed by atoms with Gasteiger partial charge in [0.1, 0.15) is 5.82 Å². The van der Waals surface area contributed by atoms with Crippen LogP contribution < -0.4 is 4.90 Å². The minimum Gasteiger partial charge on any atom is -0.481 e. The first-order valence-electron chi connectivity index (χ1n) is 9.88. The Morgan fingerprint density at radius 3 is 2.93 bits per heavy atom. The summed E-state index contributed by atoms with van der Waals surface area (Å²) >= 11 is 12.8. The van der Waals surface area contributed by atoms with Crippen LogP contribution in [0.2, 0.25) is 10.0 Å². The summed E-state index contributed by atoms with van der Waals surface area (Å²) in [5.41, 5.74) is 1.56. The summed E-state index contributed by atoms with van der Waals surface area (Å²) in [4.78, 5) is 22.0. The number of halogens is 2. The summed E-state index contributed by atoms with van der Waals surface area (Å²) in [6.07, 6.45) is 8.44. The number of carbonyl (C=O) groups is 1. The maximum Gasteiger partial charge on any atom is 0.305 e. The van der Waals surface area contributed by atoms with E-state index in [4.69, 9.17) is 38.0 Å². The Hall–Kier alpha value is -2.35. The molecule has 0 radical (unpaired) electrons. The molecule has 9 heteroatoms. The lowest BCUT2D eigenvalue weighted by Crippen LogP contribution is -2.43. The van der Waals surface area contributed by atoms with Crippen molar-refractivity contribution < 1.29 is 14.6 Å². The van der Waals surface area contributed by atoms with Crippen LogP contribution in [0.15, 0.2) is 36.9 Å². The molecule has 0 aliphatic carbocycles. The van der Waals surface area contributed by atoms with E-state index in [-0.39, 0.29) is 19.1 Å². The summed E-state index contributed by atoms with van der Waals surface area (Å²) < 4.78 is 7.59. The first-order valence-corrected chi connectivity index (χ1v) is 10.6. The largest absolute Gasteiger partial charge is 0.481 e. The van der Waals surface area contributed by atoms with Gasteiger partial charge in [-0.15, -0.1) is 0 Å². The second kappa shape index (κ2) is 9.20. The SMILES string of the molecule is O=C(O)CCOC[C@H]1CCCCN1c1cc(-n2ccnc2)c2ccc(Cl)c(Cl)c2n1. The Morgan fingerprint density at radius 1 is 1.30 bits per heavy atom. The van der Waals surface area contributed by atoms with Crippen LogP contribution in [0.25, 0.3) is 16.6 Å². The van der Waals surface area contributed by atoms with Gasteiger partial charge in [0, 0.05) is 30.4 Å². The number of anilines is 1. The predicted molar refractivity (Wildman–Crippen MR) is 117 cm³/mol. The van der Waals surface area contributed by atoms with Gasteiger partial charge in [0.15, 0.2) is 0 Å². The smallest absolute Gasteiger partial charge is 0.305 e. The Morgan fingerprint density at radius 2 is 2.17 bits per heavy atom. The van der Waals surface area contributed by atoms with E-state index in [2.05, 4.69) is 9.88 Å². The predicted octanol–water partition coefficient (Wildman–Crippen LogP) is 4.58. The number of piperidine rings is 1. The fourth-order valence-corrected chi connectivity index (χ4v) is 4.18. The third-order valence-corrected chi connectivity index (χ3v) is 6.11. The highest BCUT2D eigenvalue weighted by atomic mass is 35.5. The van der Waals surface area contributed by atoms with Gasteiger partial charge < -0.3 is 19.3 Å². The average Bonchev–Trinajstić information content (AvgIpc) is 3.28. The highest BCUT2D eigenvalue weighted by Crippen LogP contribution is 2.36. The van der Waals surface area contributed by atoms with E-state index in [1.807, 2.05) is 22.9 Å². The van der Waals surface area contributed by atoms with E-state index in [0.29, 0.717) is 22.2 Å². The molecule has 2 aromatic heterocycles. The zero-order valence-corrected chi connectivity index (χ0v) is 17.8. The van der Waals surface area contributed by atoms with E-state index in [1.165, 1.54) is 0 Å². The number of benzene rings is 1. The van der Waals surface area contributed by atoms with Crippen molar-refractivity contribution in [2.24, 2.45) is 0 Å². The number of hydrogen-bond donors (Lipinski definition) is 1. The monoisotopic (exact) mass is 448 g/mol. The van der Waals surface area contributed by atoms with Crippen LogP contribution in [0.5, 0.6) is 0 Å². The van der Waals surface area contributed by atoms with Crippen molar-refractivity contribution >= 4 is 45.9 Å². The molecule has 1 atom stereocenters. The molecule has 158 valence electrons. The van der Waals surface area contributed by atoms with Gasteiger partial charge >= 0.3 is 5.97 Å². The minimum atomic E-state index is -0.858. The van der Waals surface area contributed by atoms with Crippen molar-refractivity contribution in [1.29, 1.82) is 0 Å². The maximum absolute atomic E-state index is 10.7. The first kappa shape index (κ1) is 20.9. The molecule has 1 fully saturated rings. The van der Waals surface area contributed by atoms with Gasteiger partial charge in [-0.2, -0.15) is 0 Å². The Bertz CT molecular complexity index is 1040. The minimum absolute atomic E-state index is 0.000170. The fraction of sp³-hybridized carbons (Fsp3) is 0.381. The van der Waals surface area contributed by atoms with Crippen molar-refractivity contribution in [1.82, 2.24) is 14.5 Å². The van der Waals surface area contributed by atoms with Crippen LogP contribution in [-0.4, -0.2) is 51.4 Å². The quantitative estimate of drug-likeness (QED) is 0.532. The number of carboxylic acids is 1. The number of aromatic nitrogens is 3. The van der Waals surface area contributed by atoms with Crippen molar-refractivity contribution in [3.05, 3.63) is 47.0 Å². The van der Waals surface area contributed by atoms with Gasteiger partial charge in [-0.1, -0.05) is 23.2 Å². The Labute approximate surface area is 184 Å². The Balaban J connectivity index is 1.71. The molecule has 1 aromatic carbocycles. The lowest BCUT2D eigenvalue weighted by Gasteiger charge is -2.37. The molecule has 1 N–H and O–H groups in total. The molecular weight excluding hydrogens is 427 g/mol. The summed E-state index contributed by atoms with van der Waals surface area (Å²) in [5, 5.41) is 10.6. The third-order valence-electron chi connectivity index (χ3n) is 5.31. The standard InChI is InChI=1S/C21H22Cl2N4O3/c22-16-5-4-15-17(26-9-7-24-13-26)11-18(25-21(15)20(16)23)27-8-2-1-3-14(27)12-30-10-6-19(28)29/h4-5,7,9,11,13-14H,1-3,6,8,10,12H2,(H,28,29)/t14-/m1/s1. The van der Waals surface area contributed by atoms with Gasteiger partial charge in [0.25, 0.3) is 0 Å². The van der Waals surface area contributed by atoms with Crippen LogP contribution in [0.1, 0.15) is 25.7 Å². The highest BCUT2D eigenvalue weighted by Gasteiger charge is 2.25. The molecule has 1 aliphatic heterocycles. The van der Waals surface area contributed by atoms with E-state index in [0.717, 1.165) is 42.7 Å². The molecule has 0 amide bonds. The molecule has 0 spiro atoms. The van der Waals surface area contributed by atoms with Crippen molar-refractivity contribution in [3.8, 4) is 5.69 Å². The number of hydrogen-bond acceptors (Lipinski definition) is 5. The number of ether oxygens (including phenoxy) is 1. The lowest BCUT2D eigenvalue weighted by atomic mass is 10.0. The van der Waals surface area contributed by atoms with E-state index in [1.54, 1.807) is 18.6 Å². The summed E-state index contributed by atoms with van der Waals surface area (Å²) in [6, 6.07) is 5.84. The lowest BCUT2D eigenvalue weighted by molar-refractivity contribution is -0.138.